The normalized spacial score (nSPS) is 10.5. The molecule has 0 aliphatic carbocycles. The zero-order valence-electron chi connectivity index (χ0n) is 9.82. The molecule has 17 heavy (non-hydrogen) atoms. The van der Waals surface area contributed by atoms with E-state index in [4.69, 9.17) is 10.8 Å². The lowest BCUT2D eigenvalue weighted by Crippen LogP contribution is -2.34. The van der Waals surface area contributed by atoms with Crippen molar-refractivity contribution in [3.05, 3.63) is 20.8 Å². The van der Waals surface area contributed by atoms with Gasteiger partial charge in [-0.1, -0.05) is 13.3 Å². The SMILES string of the molecule is CCCCn1c(N)c(NCCO)c(=O)[nH]c1=O. The molecule has 0 aliphatic rings. The maximum absolute atomic E-state index is 11.5. The lowest BCUT2D eigenvalue weighted by Gasteiger charge is -2.12. The van der Waals surface area contributed by atoms with Gasteiger partial charge in [0.2, 0.25) is 0 Å². The Bertz CT molecular complexity index is 437. The Kier molecular flexibility index (Phi) is 4.77. The number of nitrogen functional groups attached to an aromatic ring is 1. The summed E-state index contributed by atoms with van der Waals surface area (Å²) in [5, 5.41) is 11.4. The number of aromatic amines is 1. The van der Waals surface area contributed by atoms with Gasteiger partial charge in [0, 0.05) is 13.1 Å². The number of nitrogens with one attached hydrogen (secondary N) is 2. The molecule has 0 amide bonds. The van der Waals surface area contributed by atoms with Crippen LogP contribution < -0.4 is 22.3 Å². The Labute approximate surface area is 98.3 Å². The Morgan fingerprint density at radius 3 is 2.76 bits per heavy atom. The van der Waals surface area contributed by atoms with Gasteiger partial charge in [-0.3, -0.25) is 14.3 Å². The van der Waals surface area contributed by atoms with E-state index in [0.29, 0.717) is 6.54 Å². The number of hydrogen-bond acceptors (Lipinski definition) is 5. The van der Waals surface area contributed by atoms with Gasteiger partial charge >= 0.3 is 5.69 Å². The summed E-state index contributed by atoms with van der Waals surface area (Å²) in [6.07, 6.45) is 1.72. The van der Waals surface area contributed by atoms with Gasteiger partial charge in [0.1, 0.15) is 11.5 Å². The molecule has 0 saturated carbocycles. The first-order chi connectivity index (χ1) is 8.11. The summed E-state index contributed by atoms with van der Waals surface area (Å²) in [6.45, 7) is 2.55. The molecule has 0 aromatic carbocycles. The molecular weight excluding hydrogens is 224 g/mol. The van der Waals surface area contributed by atoms with Crippen LogP contribution in [0, 0.1) is 0 Å². The van der Waals surface area contributed by atoms with E-state index >= 15 is 0 Å². The van der Waals surface area contributed by atoms with Gasteiger partial charge in [0.05, 0.1) is 6.61 Å². The summed E-state index contributed by atoms with van der Waals surface area (Å²) < 4.78 is 1.32. The Hall–Kier alpha value is -1.76. The fourth-order valence-electron chi connectivity index (χ4n) is 1.48. The molecule has 0 aliphatic heterocycles. The summed E-state index contributed by atoms with van der Waals surface area (Å²) in [6, 6.07) is 0. The largest absolute Gasteiger partial charge is 0.395 e. The summed E-state index contributed by atoms with van der Waals surface area (Å²) in [4.78, 5) is 25.2. The number of rotatable bonds is 6. The van der Waals surface area contributed by atoms with Crippen molar-refractivity contribution in [2.45, 2.75) is 26.3 Å². The Balaban J connectivity index is 3.13. The predicted molar refractivity (Wildman–Crippen MR) is 66.2 cm³/mol. The summed E-state index contributed by atoms with van der Waals surface area (Å²) in [7, 11) is 0. The zero-order valence-corrected chi connectivity index (χ0v) is 9.82. The molecule has 1 heterocycles. The highest BCUT2D eigenvalue weighted by Crippen LogP contribution is 2.10. The number of aromatic nitrogens is 2. The summed E-state index contributed by atoms with van der Waals surface area (Å²) in [5.41, 5.74) is 4.83. The van der Waals surface area contributed by atoms with E-state index in [-0.39, 0.29) is 24.7 Å². The number of nitrogens with two attached hydrogens (primary N) is 1. The quantitative estimate of drug-likeness (QED) is 0.528. The van der Waals surface area contributed by atoms with Crippen molar-refractivity contribution in [3.8, 4) is 0 Å². The fourth-order valence-corrected chi connectivity index (χ4v) is 1.48. The average Bonchev–Trinajstić information content (AvgIpc) is 2.28. The first kappa shape index (κ1) is 13.3. The van der Waals surface area contributed by atoms with Gasteiger partial charge in [-0.2, -0.15) is 0 Å². The number of aliphatic hydroxyl groups is 1. The molecule has 7 nitrogen and oxygen atoms in total. The van der Waals surface area contributed by atoms with E-state index in [2.05, 4.69) is 10.3 Å². The predicted octanol–water partition coefficient (Wildman–Crippen LogP) is -0.677. The highest BCUT2D eigenvalue weighted by Gasteiger charge is 2.10. The molecule has 96 valence electrons. The van der Waals surface area contributed by atoms with Crippen LogP contribution in [0.3, 0.4) is 0 Å². The minimum atomic E-state index is -0.561. The third kappa shape index (κ3) is 3.10. The van der Waals surface area contributed by atoms with Crippen LogP contribution in [-0.2, 0) is 6.54 Å². The minimum Gasteiger partial charge on any atom is -0.395 e. The summed E-state index contributed by atoms with van der Waals surface area (Å²) >= 11 is 0. The zero-order chi connectivity index (χ0) is 12.8. The van der Waals surface area contributed by atoms with Crippen molar-refractivity contribution in [1.29, 1.82) is 0 Å². The monoisotopic (exact) mass is 242 g/mol. The molecule has 0 fully saturated rings. The van der Waals surface area contributed by atoms with E-state index in [1.54, 1.807) is 0 Å². The van der Waals surface area contributed by atoms with E-state index in [1.165, 1.54) is 4.57 Å². The van der Waals surface area contributed by atoms with Gasteiger partial charge in [0.25, 0.3) is 5.56 Å². The lowest BCUT2D eigenvalue weighted by molar-refractivity contribution is 0.311. The average molecular weight is 242 g/mol. The standard InChI is InChI=1S/C10H18N4O3/c1-2-3-5-14-8(11)7(12-4-6-15)9(16)13-10(14)17/h12,15H,2-6,11H2,1H3,(H,13,16,17). The van der Waals surface area contributed by atoms with Crippen molar-refractivity contribution in [1.82, 2.24) is 9.55 Å². The number of hydrogen-bond donors (Lipinski definition) is 4. The lowest BCUT2D eigenvalue weighted by atomic mass is 10.3. The second kappa shape index (κ2) is 6.09. The molecular formula is C10H18N4O3. The highest BCUT2D eigenvalue weighted by molar-refractivity contribution is 5.60. The van der Waals surface area contributed by atoms with Crippen LogP contribution in [0.4, 0.5) is 11.5 Å². The third-order valence-corrected chi connectivity index (χ3v) is 2.39. The summed E-state index contributed by atoms with van der Waals surface area (Å²) in [5.74, 6) is 0.112. The maximum atomic E-state index is 11.5. The van der Waals surface area contributed by atoms with Gasteiger partial charge < -0.3 is 16.2 Å². The number of aliphatic hydroxyl groups excluding tert-OH is 1. The van der Waals surface area contributed by atoms with Crippen LogP contribution >= 0.6 is 0 Å². The van der Waals surface area contributed by atoms with E-state index in [9.17, 15) is 9.59 Å². The van der Waals surface area contributed by atoms with Crippen LogP contribution in [0.1, 0.15) is 19.8 Å². The van der Waals surface area contributed by atoms with Crippen LogP contribution in [0.2, 0.25) is 0 Å². The Morgan fingerprint density at radius 1 is 1.47 bits per heavy atom. The molecule has 1 aromatic heterocycles. The van der Waals surface area contributed by atoms with Gasteiger partial charge in [-0.05, 0) is 6.42 Å². The number of anilines is 2. The first-order valence-corrected chi connectivity index (χ1v) is 5.59. The molecule has 0 saturated heterocycles. The van der Waals surface area contributed by atoms with Crippen molar-refractivity contribution >= 4 is 11.5 Å². The van der Waals surface area contributed by atoms with Gasteiger partial charge in [-0.25, -0.2) is 4.79 Å². The van der Waals surface area contributed by atoms with E-state index in [1.807, 2.05) is 6.92 Å². The molecule has 7 heteroatoms. The molecule has 0 atom stereocenters. The van der Waals surface area contributed by atoms with Crippen LogP contribution in [0.5, 0.6) is 0 Å². The maximum Gasteiger partial charge on any atom is 0.330 e. The topological polar surface area (TPSA) is 113 Å². The smallest absolute Gasteiger partial charge is 0.330 e. The van der Waals surface area contributed by atoms with Crippen molar-refractivity contribution in [2.24, 2.45) is 0 Å². The Morgan fingerprint density at radius 2 is 2.18 bits per heavy atom. The number of H-pyrrole nitrogens is 1. The van der Waals surface area contributed by atoms with Gasteiger partial charge in [-0.15, -0.1) is 0 Å². The molecule has 5 N–H and O–H groups in total. The molecule has 1 rings (SSSR count). The fraction of sp³-hybridized carbons (Fsp3) is 0.600. The second-order valence-electron chi connectivity index (χ2n) is 3.68. The third-order valence-electron chi connectivity index (χ3n) is 2.39. The van der Waals surface area contributed by atoms with Crippen molar-refractivity contribution < 1.29 is 5.11 Å². The molecule has 0 bridgehead atoms. The molecule has 0 spiro atoms. The van der Waals surface area contributed by atoms with Crippen LogP contribution in [0.25, 0.3) is 0 Å². The van der Waals surface area contributed by atoms with Crippen LogP contribution in [0.15, 0.2) is 9.59 Å². The first-order valence-electron chi connectivity index (χ1n) is 5.59. The van der Waals surface area contributed by atoms with Crippen molar-refractivity contribution in [3.63, 3.8) is 0 Å². The highest BCUT2D eigenvalue weighted by atomic mass is 16.3. The van der Waals surface area contributed by atoms with Gasteiger partial charge in [0.15, 0.2) is 0 Å². The van der Waals surface area contributed by atoms with Crippen LogP contribution in [-0.4, -0.2) is 27.8 Å². The molecule has 0 unspecified atom stereocenters. The van der Waals surface area contributed by atoms with E-state index in [0.717, 1.165) is 12.8 Å². The molecule has 0 radical (unpaired) electrons. The van der Waals surface area contributed by atoms with Crippen molar-refractivity contribution in [2.75, 3.05) is 24.2 Å². The minimum absolute atomic E-state index is 0.112. The second-order valence-corrected chi connectivity index (χ2v) is 3.68. The number of unbranched alkanes of at least 4 members (excludes halogenated alkanes) is 1. The molecule has 1 aromatic rings. The number of nitrogens with zero attached hydrogens (tertiary/aromatic N) is 1. The van der Waals surface area contributed by atoms with E-state index < -0.39 is 11.2 Å².